The first kappa shape index (κ1) is 27.9. The first-order valence-corrected chi connectivity index (χ1v) is 15.9. The molecule has 2 amide bonds. The van der Waals surface area contributed by atoms with Crippen molar-refractivity contribution in [2.75, 3.05) is 0 Å². The number of hydroxylamine groups is 2. The van der Waals surface area contributed by atoms with E-state index in [4.69, 9.17) is 8.47 Å². The summed E-state index contributed by atoms with van der Waals surface area (Å²) in [7, 11) is -9.27. The van der Waals surface area contributed by atoms with Gasteiger partial charge in [0.25, 0.3) is 11.8 Å². The van der Waals surface area contributed by atoms with Crippen LogP contribution in [0.4, 0.5) is 0 Å². The van der Waals surface area contributed by atoms with Crippen LogP contribution in [0.25, 0.3) is 21.5 Å². The Labute approximate surface area is 249 Å². The number of nitrogens with zero attached hydrogens (tertiary/aromatic N) is 2. The second kappa shape index (κ2) is 9.82. The Morgan fingerprint density at radius 2 is 1.25 bits per heavy atom. The topological polar surface area (TPSA) is 161 Å². The maximum Gasteiger partial charge on any atom is 0.339 e. The zero-order valence-electron chi connectivity index (χ0n) is 22.3. The highest BCUT2D eigenvalue weighted by Gasteiger charge is 2.59. The van der Waals surface area contributed by atoms with Crippen molar-refractivity contribution >= 4 is 59.4 Å². The molecule has 0 fully saturated rings. The molecule has 4 aromatic carbocycles. The average molecular weight is 632 g/mol. The summed E-state index contributed by atoms with van der Waals surface area (Å²) in [4.78, 5) is 52.1. The predicted octanol–water partition coefficient (Wildman–Crippen LogP) is 3.28. The molecule has 0 spiro atoms. The monoisotopic (exact) mass is 631 g/mol. The van der Waals surface area contributed by atoms with E-state index in [-0.39, 0.29) is 30.8 Å². The molecule has 0 radical (unpaired) electrons. The van der Waals surface area contributed by atoms with Gasteiger partial charge in [0.2, 0.25) is 6.20 Å². The first-order chi connectivity index (χ1) is 20.9. The maximum atomic E-state index is 13.4. The van der Waals surface area contributed by atoms with Crippen molar-refractivity contribution in [1.82, 2.24) is 5.06 Å². The van der Waals surface area contributed by atoms with Crippen molar-refractivity contribution in [3.63, 3.8) is 0 Å². The standard InChI is InChI=1S/C30H19N2O10S2/c33-25-15-23-26(29(35)32(28(23)34)42-44(39,40)22-12-10-18-6-2-4-8-20(18)14-22)24-16-31(36)30(27(24)25)41-43(37,38)21-11-9-17-5-1-3-7-19(17)13-21/h1-14,16,27,30H,15H2/q+1. The number of hydrogen-bond donors (Lipinski definition) is 0. The lowest BCUT2D eigenvalue weighted by Gasteiger charge is -2.19. The molecule has 0 saturated carbocycles. The number of amides is 2. The molecule has 2 aliphatic heterocycles. The Kier molecular flexibility index (Phi) is 6.23. The van der Waals surface area contributed by atoms with Crippen LogP contribution in [-0.2, 0) is 43.1 Å². The van der Waals surface area contributed by atoms with Gasteiger partial charge in [-0.15, -0.1) is 9.35 Å². The van der Waals surface area contributed by atoms with E-state index in [9.17, 15) is 36.1 Å². The van der Waals surface area contributed by atoms with Gasteiger partial charge in [0.15, 0.2) is 5.78 Å². The Hall–Kier alpha value is -4.89. The first-order valence-electron chi connectivity index (χ1n) is 13.1. The van der Waals surface area contributed by atoms with Gasteiger partial charge in [-0.1, -0.05) is 60.7 Å². The molecular weight excluding hydrogens is 612 g/mol. The molecule has 0 saturated heterocycles. The van der Waals surface area contributed by atoms with Crippen LogP contribution in [0.1, 0.15) is 6.42 Å². The summed E-state index contributed by atoms with van der Waals surface area (Å²) in [5.74, 6) is -4.72. The average Bonchev–Trinajstić information content (AvgIpc) is 3.44. The molecule has 12 nitrogen and oxygen atoms in total. The van der Waals surface area contributed by atoms with Crippen LogP contribution in [-0.4, -0.2) is 50.5 Å². The van der Waals surface area contributed by atoms with Crippen molar-refractivity contribution in [1.29, 1.82) is 0 Å². The molecule has 2 unspecified atom stereocenters. The van der Waals surface area contributed by atoms with Crippen molar-refractivity contribution in [3.8, 4) is 0 Å². The lowest BCUT2D eigenvalue weighted by molar-refractivity contribution is -0.555. The highest BCUT2D eigenvalue weighted by atomic mass is 32.2. The van der Waals surface area contributed by atoms with Crippen LogP contribution in [0, 0.1) is 10.8 Å². The van der Waals surface area contributed by atoms with Crippen LogP contribution < -0.4 is 0 Å². The minimum atomic E-state index is -4.69. The number of nitroso groups, excluding NO2 is 1. The number of hydrogen-bond acceptors (Lipinski definition) is 10. The van der Waals surface area contributed by atoms with Gasteiger partial charge in [-0.2, -0.15) is 21.0 Å². The SMILES string of the molecule is O=C1CC2=C(C(=O)N(OS(=O)(=O)c3ccc4ccccc4c3)C2=O)C2=C[N+](=O)C(OS(=O)(=O)c3ccc4ccccc4c3)C12. The van der Waals surface area contributed by atoms with Gasteiger partial charge in [-0.25, -0.2) is 0 Å². The molecule has 220 valence electrons. The van der Waals surface area contributed by atoms with E-state index in [1.165, 1.54) is 30.3 Å². The Morgan fingerprint density at radius 3 is 1.84 bits per heavy atom. The summed E-state index contributed by atoms with van der Waals surface area (Å²) < 4.78 is 62.8. The largest absolute Gasteiger partial charge is 0.339 e. The van der Waals surface area contributed by atoms with Gasteiger partial charge >= 0.3 is 26.5 Å². The fourth-order valence-electron chi connectivity index (χ4n) is 5.58. The van der Waals surface area contributed by atoms with E-state index >= 15 is 0 Å². The van der Waals surface area contributed by atoms with E-state index < -0.39 is 62.0 Å². The normalized spacial score (nSPS) is 20.5. The highest BCUT2D eigenvalue weighted by Crippen LogP contribution is 2.44. The second-order valence-electron chi connectivity index (χ2n) is 10.3. The third-order valence-electron chi connectivity index (χ3n) is 7.68. The second-order valence-corrected chi connectivity index (χ2v) is 13.4. The molecule has 0 bridgehead atoms. The van der Waals surface area contributed by atoms with E-state index in [0.717, 1.165) is 17.0 Å². The summed E-state index contributed by atoms with van der Waals surface area (Å²) in [6, 6.07) is 22.2. The van der Waals surface area contributed by atoms with Crippen LogP contribution in [0.3, 0.4) is 0 Å². The fourth-order valence-corrected chi connectivity index (χ4v) is 7.58. The van der Waals surface area contributed by atoms with Crippen molar-refractivity contribution in [2.45, 2.75) is 22.4 Å². The number of carbonyl (C=O) groups is 3. The van der Waals surface area contributed by atoms with E-state index in [2.05, 4.69) is 0 Å². The van der Waals surface area contributed by atoms with Gasteiger partial charge < -0.3 is 0 Å². The molecule has 2 atom stereocenters. The lowest BCUT2D eigenvalue weighted by Crippen LogP contribution is -2.37. The summed E-state index contributed by atoms with van der Waals surface area (Å²) in [5, 5.41) is 2.71. The molecular formula is C30H19N2O10S2+. The molecule has 1 aliphatic carbocycles. The summed E-state index contributed by atoms with van der Waals surface area (Å²) in [6.45, 7) is 0. The minimum absolute atomic E-state index is 0.0286. The number of fused-ring (bicyclic) bond motifs is 4. The third-order valence-corrected chi connectivity index (χ3v) is 10.1. The van der Waals surface area contributed by atoms with Crippen LogP contribution in [0.5, 0.6) is 0 Å². The molecule has 7 rings (SSSR count). The predicted molar refractivity (Wildman–Crippen MR) is 152 cm³/mol. The number of carbonyl (C=O) groups excluding carboxylic acids is 3. The summed E-state index contributed by atoms with van der Waals surface area (Å²) >= 11 is 0. The van der Waals surface area contributed by atoms with Gasteiger partial charge in [-0.05, 0) is 45.8 Å². The van der Waals surface area contributed by atoms with Crippen molar-refractivity contribution in [3.05, 3.63) is 113 Å². The summed E-state index contributed by atoms with van der Waals surface area (Å²) in [6.07, 6.45) is -1.78. The highest BCUT2D eigenvalue weighted by molar-refractivity contribution is 7.87. The zero-order valence-corrected chi connectivity index (χ0v) is 23.9. The third kappa shape index (κ3) is 4.38. The molecule has 0 N–H and O–H groups in total. The van der Waals surface area contributed by atoms with Gasteiger partial charge in [-0.3, -0.25) is 14.4 Å². The Morgan fingerprint density at radius 1 is 0.705 bits per heavy atom. The molecule has 14 heteroatoms. The van der Waals surface area contributed by atoms with E-state index in [1.54, 1.807) is 54.6 Å². The number of rotatable bonds is 6. The number of ketones is 1. The number of benzene rings is 4. The maximum absolute atomic E-state index is 13.4. The van der Waals surface area contributed by atoms with Crippen LogP contribution in [0.2, 0.25) is 0 Å². The smallest absolute Gasteiger partial charge is 0.298 e. The van der Waals surface area contributed by atoms with Crippen LogP contribution in [0.15, 0.2) is 118 Å². The molecule has 2 heterocycles. The Balaban J connectivity index is 1.16. The van der Waals surface area contributed by atoms with E-state index in [0.29, 0.717) is 10.8 Å². The lowest BCUT2D eigenvalue weighted by atomic mass is 9.80. The molecule has 3 aliphatic rings. The van der Waals surface area contributed by atoms with E-state index in [1.807, 2.05) is 0 Å². The van der Waals surface area contributed by atoms with Gasteiger partial charge in [0.05, 0.1) is 25.7 Å². The number of Topliss-reactive ketones (excluding diaryl/α,β-unsaturated/α-hetero) is 1. The zero-order chi connectivity index (χ0) is 31.0. The number of imide groups is 1. The molecule has 0 aromatic heterocycles. The molecule has 44 heavy (non-hydrogen) atoms. The van der Waals surface area contributed by atoms with Crippen molar-refractivity contribution in [2.24, 2.45) is 5.92 Å². The van der Waals surface area contributed by atoms with Gasteiger partial charge in [0.1, 0.15) is 5.92 Å². The molecule has 4 aromatic rings. The quantitative estimate of drug-likeness (QED) is 0.175. The summed E-state index contributed by atoms with van der Waals surface area (Å²) in [5.41, 5.74) is -1.05. The Bertz CT molecular complexity index is 2290. The van der Waals surface area contributed by atoms with Crippen LogP contribution >= 0.6 is 0 Å². The fraction of sp³-hybridized carbons (Fsp3) is 0.100. The van der Waals surface area contributed by atoms with Gasteiger partial charge in [0, 0.05) is 16.9 Å². The minimum Gasteiger partial charge on any atom is -0.298 e. The van der Waals surface area contributed by atoms with Crippen molar-refractivity contribution < 1.29 is 44.4 Å².